The van der Waals surface area contributed by atoms with Crippen molar-refractivity contribution in [2.45, 2.75) is 13.5 Å². The van der Waals surface area contributed by atoms with Crippen molar-refractivity contribution in [2.75, 3.05) is 47.5 Å². The van der Waals surface area contributed by atoms with Gasteiger partial charge < -0.3 is 23.5 Å². The summed E-state index contributed by atoms with van der Waals surface area (Å²) in [6.45, 7) is 5.41. The second kappa shape index (κ2) is 9.95. The summed E-state index contributed by atoms with van der Waals surface area (Å²) in [6.07, 6.45) is 0. The molecule has 8 nitrogen and oxygen atoms in total. The number of aryl methyl sites for hydroxylation is 1. The average molecular weight is 452 g/mol. The van der Waals surface area contributed by atoms with Gasteiger partial charge in [-0.2, -0.15) is 0 Å². The number of hydrogen-bond acceptors (Lipinski definition) is 7. The van der Waals surface area contributed by atoms with Gasteiger partial charge in [-0.15, -0.1) is 0 Å². The van der Waals surface area contributed by atoms with Crippen molar-refractivity contribution >= 4 is 5.91 Å². The van der Waals surface area contributed by atoms with Gasteiger partial charge in [0, 0.05) is 38.3 Å². The number of hydrogen-bond donors (Lipinski definition) is 0. The Balaban J connectivity index is 1.41. The number of benzene rings is 2. The molecular formula is C25H29N3O5. The number of oxazole rings is 1. The van der Waals surface area contributed by atoms with Gasteiger partial charge in [0.1, 0.15) is 23.0 Å². The summed E-state index contributed by atoms with van der Waals surface area (Å²) in [5.41, 5.74) is 2.27. The van der Waals surface area contributed by atoms with Crippen LogP contribution in [0.15, 0.2) is 46.9 Å². The minimum atomic E-state index is 0.0265. The zero-order valence-electron chi connectivity index (χ0n) is 19.5. The summed E-state index contributed by atoms with van der Waals surface area (Å²) < 4.78 is 22.0. The minimum Gasteiger partial charge on any atom is -0.497 e. The molecular weight excluding hydrogens is 422 g/mol. The fourth-order valence-corrected chi connectivity index (χ4v) is 3.93. The Morgan fingerprint density at radius 2 is 1.70 bits per heavy atom. The second-order valence-electron chi connectivity index (χ2n) is 7.89. The van der Waals surface area contributed by atoms with E-state index < -0.39 is 0 Å². The molecule has 0 saturated carbocycles. The quantitative estimate of drug-likeness (QED) is 0.543. The van der Waals surface area contributed by atoms with Gasteiger partial charge in [-0.3, -0.25) is 9.69 Å². The van der Waals surface area contributed by atoms with Gasteiger partial charge in [0.2, 0.25) is 5.89 Å². The highest BCUT2D eigenvalue weighted by atomic mass is 16.5. The van der Waals surface area contributed by atoms with Gasteiger partial charge in [-0.05, 0) is 43.3 Å². The van der Waals surface area contributed by atoms with Crippen LogP contribution in [0.3, 0.4) is 0 Å². The molecule has 0 atom stereocenters. The minimum absolute atomic E-state index is 0.0265. The van der Waals surface area contributed by atoms with E-state index in [0.717, 1.165) is 30.1 Å². The molecule has 2 aromatic carbocycles. The molecule has 8 heteroatoms. The maximum Gasteiger partial charge on any atom is 0.254 e. The monoisotopic (exact) mass is 451 g/mol. The van der Waals surface area contributed by atoms with Gasteiger partial charge in [-0.1, -0.05) is 6.07 Å². The first-order chi connectivity index (χ1) is 16.0. The van der Waals surface area contributed by atoms with Crippen molar-refractivity contribution in [3.8, 4) is 28.7 Å². The molecule has 1 aliphatic rings. The summed E-state index contributed by atoms with van der Waals surface area (Å²) in [4.78, 5) is 21.8. The molecule has 1 aliphatic heterocycles. The molecule has 1 aromatic heterocycles. The molecule has 33 heavy (non-hydrogen) atoms. The number of carbonyl (C=O) groups is 1. The molecule has 1 amide bonds. The van der Waals surface area contributed by atoms with E-state index in [2.05, 4.69) is 4.90 Å². The third kappa shape index (κ3) is 4.96. The van der Waals surface area contributed by atoms with Crippen LogP contribution in [0.5, 0.6) is 17.2 Å². The van der Waals surface area contributed by atoms with Crippen LogP contribution in [-0.4, -0.2) is 68.2 Å². The lowest BCUT2D eigenvalue weighted by Crippen LogP contribution is -2.48. The van der Waals surface area contributed by atoms with Crippen molar-refractivity contribution in [1.82, 2.24) is 14.8 Å². The molecule has 1 fully saturated rings. The van der Waals surface area contributed by atoms with Crippen molar-refractivity contribution in [3.05, 3.63) is 59.5 Å². The Labute approximate surface area is 193 Å². The number of aromatic nitrogens is 1. The summed E-state index contributed by atoms with van der Waals surface area (Å²) in [7, 11) is 4.84. The average Bonchev–Trinajstić information content (AvgIpc) is 3.23. The van der Waals surface area contributed by atoms with E-state index in [4.69, 9.17) is 23.6 Å². The van der Waals surface area contributed by atoms with Gasteiger partial charge in [0.25, 0.3) is 5.91 Å². The van der Waals surface area contributed by atoms with Crippen molar-refractivity contribution in [1.29, 1.82) is 0 Å². The summed E-state index contributed by atoms with van der Waals surface area (Å²) in [6, 6.07) is 12.8. The van der Waals surface area contributed by atoms with Crippen LogP contribution in [0.1, 0.15) is 21.8 Å². The van der Waals surface area contributed by atoms with Crippen LogP contribution in [0, 0.1) is 6.92 Å². The topological polar surface area (TPSA) is 77.3 Å². The van der Waals surface area contributed by atoms with Gasteiger partial charge in [-0.25, -0.2) is 4.98 Å². The van der Waals surface area contributed by atoms with Crippen LogP contribution in [0.4, 0.5) is 0 Å². The first-order valence-corrected chi connectivity index (χ1v) is 10.9. The molecule has 4 rings (SSSR count). The predicted octanol–water partition coefficient (Wildman–Crippen LogP) is 3.63. The van der Waals surface area contributed by atoms with Crippen molar-refractivity contribution in [2.24, 2.45) is 0 Å². The van der Waals surface area contributed by atoms with E-state index >= 15 is 0 Å². The highest BCUT2D eigenvalue weighted by molar-refractivity contribution is 5.94. The number of piperazine rings is 1. The first kappa shape index (κ1) is 22.7. The Hall–Kier alpha value is -3.52. The lowest BCUT2D eigenvalue weighted by Gasteiger charge is -2.34. The van der Waals surface area contributed by atoms with E-state index in [-0.39, 0.29) is 5.91 Å². The molecule has 0 spiro atoms. The zero-order valence-corrected chi connectivity index (χ0v) is 19.5. The zero-order chi connectivity index (χ0) is 23.4. The number of methoxy groups -OCH3 is 3. The van der Waals surface area contributed by atoms with Crippen LogP contribution >= 0.6 is 0 Å². The van der Waals surface area contributed by atoms with Gasteiger partial charge >= 0.3 is 0 Å². The van der Waals surface area contributed by atoms with Crippen LogP contribution in [0.2, 0.25) is 0 Å². The van der Waals surface area contributed by atoms with E-state index in [9.17, 15) is 4.79 Å². The molecule has 0 radical (unpaired) electrons. The Morgan fingerprint density at radius 1 is 0.970 bits per heavy atom. The summed E-state index contributed by atoms with van der Waals surface area (Å²) >= 11 is 0. The highest BCUT2D eigenvalue weighted by Crippen LogP contribution is 2.34. The van der Waals surface area contributed by atoms with Crippen LogP contribution < -0.4 is 14.2 Å². The van der Waals surface area contributed by atoms with E-state index in [0.29, 0.717) is 48.3 Å². The van der Waals surface area contributed by atoms with E-state index in [1.54, 1.807) is 27.4 Å². The van der Waals surface area contributed by atoms with E-state index in [1.165, 1.54) is 0 Å². The summed E-state index contributed by atoms with van der Waals surface area (Å²) in [5, 5.41) is 0. The van der Waals surface area contributed by atoms with E-state index in [1.807, 2.05) is 48.2 Å². The van der Waals surface area contributed by atoms with Gasteiger partial charge in [0.05, 0.1) is 32.6 Å². The van der Waals surface area contributed by atoms with Crippen LogP contribution in [0.25, 0.3) is 11.5 Å². The third-order valence-corrected chi connectivity index (χ3v) is 5.88. The molecule has 2 heterocycles. The Bertz CT molecular complexity index is 1120. The fourth-order valence-electron chi connectivity index (χ4n) is 3.93. The molecule has 3 aromatic rings. The molecule has 0 N–H and O–H groups in total. The lowest BCUT2D eigenvalue weighted by molar-refractivity contribution is 0.0626. The second-order valence-corrected chi connectivity index (χ2v) is 7.89. The maximum absolute atomic E-state index is 12.9. The smallest absolute Gasteiger partial charge is 0.254 e. The third-order valence-electron chi connectivity index (χ3n) is 5.88. The number of nitrogens with zero attached hydrogens (tertiary/aromatic N) is 3. The van der Waals surface area contributed by atoms with Gasteiger partial charge in [0.15, 0.2) is 0 Å². The summed E-state index contributed by atoms with van der Waals surface area (Å²) in [5.74, 6) is 3.37. The predicted molar refractivity (Wildman–Crippen MR) is 124 cm³/mol. The largest absolute Gasteiger partial charge is 0.497 e. The SMILES string of the molecule is COc1cccc(C(=O)N2CCN(Cc3nc(-c4cc(OC)ccc4OC)oc3C)CC2)c1. The fraction of sp³-hybridized carbons (Fsp3) is 0.360. The highest BCUT2D eigenvalue weighted by Gasteiger charge is 2.24. The Kier molecular flexibility index (Phi) is 6.84. The van der Waals surface area contributed by atoms with Crippen molar-refractivity contribution in [3.63, 3.8) is 0 Å². The standard InChI is InChI=1S/C25H29N3O5/c1-17-22(26-24(33-17)21-15-20(31-3)8-9-23(21)32-4)16-27-10-12-28(13-11-27)25(29)18-6-5-7-19(14-18)30-2/h5-9,14-15H,10-13,16H2,1-4H3. The number of rotatable bonds is 7. The van der Waals surface area contributed by atoms with Crippen LogP contribution in [-0.2, 0) is 6.54 Å². The molecule has 0 unspecified atom stereocenters. The molecule has 0 aliphatic carbocycles. The number of carbonyl (C=O) groups excluding carboxylic acids is 1. The molecule has 174 valence electrons. The molecule has 0 bridgehead atoms. The molecule has 1 saturated heterocycles. The number of amides is 1. The first-order valence-electron chi connectivity index (χ1n) is 10.9. The normalized spacial score (nSPS) is 14.2. The Morgan fingerprint density at radius 3 is 2.39 bits per heavy atom. The lowest BCUT2D eigenvalue weighted by atomic mass is 10.1. The van der Waals surface area contributed by atoms with Crippen molar-refractivity contribution < 1.29 is 23.4 Å². The number of ether oxygens (including phenoxy) is 3. The maximum atomic E-state index is 12.9.